The van der Waals surface area contributed by atoms with Crippen LogP contribution >= 0.6 is 0 Å². The second-order valence-electron chi connectivity index (χ2n) is 5.53. The van der Waals surface area contributed by atoms with Crippen molar-refractivity contribution in [3.05, 3.63) is 71.5 Å². The fourth-order valence-corrected chi connectivity index (χ4v) is 2.28. The Bertz CT molecular complexity index is 912. The van der Waals surface area contributed by atoms with Crippen molar-refractivity contribution < 1.29 is 0 Å². The van der Waals surface area contributed by atoms with Crippen LogP contribution in [0.5, 0.6) is 0 Å². The topological polar surface area (TPSA) is 73.6 Å². The van der Waals surface area contributed by atoms with Gasteiger partial charge in [0, 0.05) is 17.4 Å². The molecule has 0 saturated carbocycles. The molecule has 0 amide bonds. The number of aryl methyl sites for hydroxylation is 2. The highest BCUT2D eigenvalue weighted by Gasteiger charge is 2.02. The van der Waals surface area contributed by atoms with Crippen LogP contribution in [0.4, 0.5) is 23.0 Å². The third-order valence-corrected chi connectivity index (χ3v) is 3.71. The van der Waals surface area contributed by atoms with E-state index in [0.717, 1.165) is 11.4 Å². The Hall–Kier alpha value is -3.39. The summed E-state index contributed by atoms with van der Waals surface area (Å²) >= 11 is 0. The molecule has 0 saturated heterocycles. The van der Waals surface area contributed by atoms with Crippen LogP contribution < -0.4 is 10.6 Å². The van der Waals surface area contributed by atoms with E-state index in [2.05, 4.69) is 52.7 Å². The van der Waals surface area contributed by atoms with Gasteiger partial charge in [-0.15, -0.1) is 0 Å². The summed E-state index contributed by atoms with van der Waals surface area (Å²) in [7, 11) is 0. The van der Waals surface area contributed by atoms with E-state index in [-0.39, 0.29) is 0 Å². The number of nitrogens with one attached hydrogen (secondary N) is 2. The molecule has 5 nitrogen and oxygen atoms in total. The number of rotatable bonds is 4. The molecule has 3 aromatic rings. The van der Waals surface area contributed by atoms with Gasteiger partial charge in [-0.3, -0.25) is 0 Å². The van der Waals surface area contributed by atoms with E-state index in [1.165, 1.54) is 17.5 Å². The number of benzene rings is 2. The van der Waals surface area contributed by atoms with Crippen molar-refractivity contribution in [3.8, 4) is 6.07 Å². The quantitative estimate of drug-likeness (QED) is 0.744. The lowest BCUT2D eigenvalue weighted by atomic mass is 10.1. The average Bonchev–Trinajstić information content (AvgIpc) is 2.59. The van der Waals surface area contributed by atoms with Crippen LogP contribution in [0.15, 0.2) is 54.9 Å². The van der Waals surface area contributed by atoms with Crippen LogP contribution in [0.1, 0.15) is 16.7 Å². The van der Waals surface area contributed by atoms with Gasteiger partial charge in [0.25, 0.3) is 0 Å². The van der Waals surface area contributed by atoms with Gasteiger partial charge in [-0.05, 0) is 55.3 Å². The molecule has 118 valence electrons. The van der Waals surface area contributed by atoms with Crippen molar-refractivity contribution in [3.63, 3.8) is 0 Å². The van der Waals surface area contributed by atoms with Crippen molar-refractivity contribution >= 4 is 23.0 Å². The minimum absolute atomic E-state index is 0.600. The maximum Gasteiger partial charge on any atom is 0.135 e. The third-order valence-electron chi connectivity index (χ3n) is 3.71. The van der Waals surface area contributed by atoms with Crippen LogP contribution in [0, 0.1) is 25.2 Å². The van der Waals surface area contributed by atoms with Crippen molar-refractivity contribution in [2.24, 2.45) is 0 Å². The first kappa shape index (κ1) is 15.5. The number of nitrogens with zero attached hydrogens (tertiary/aromatic N) is 3. The predicted octanol–water partition coefficient (Wildman–Crippen LogP) is 4.45. The first-order valence-corrected chi connectivity index (χ1v) is 7.57. The Kier molecular flexibility index (Phi) is 4.39. The van der Waals surface area contributed by atoms with E-state index < -0.39 is 0 Å². The number of hydrogen-bond acceptors (Lipinski definition) is 5. The zero-order valence-corrected chi connectivity index (χ0v) is 13.5. The average molecular weight is 315 g/mol. The zero-order valence-electron chi connectivity index (χ0n) is 13.5. The van der Waals surface area contributed by atoms with Crippen LogP contribution in [0.3, 0.4) is 0 Å². The lowest BCUT2D eigenvalue weighted by Crippen LogP contribution is -1.99. The number of aromatic nitrogens is 2. The Morgan fingerprint density at radius 2 is 1.54 bits per heavy atom. The molecule has 1 heterocycles. The van der Waals surface area contributed by atoms with Crippen LogP contribution in [0.2, 0.25) is 0 Å². The molecule has 24 heavy (non-hydrogen) atoms. The molecule has 2 N–H and O–H groups in total. The van der Waals surface area contributed by atoms with Crippen LogP contribution in [0.25, 0.3) is 0 Å². The van der Waals surface area contributed by atoms with Gasteiger partial charge in [0.2, 0.25) is 0 Å². The maximum absolute atomic E-state index is 8.96. The third kappa shape index (κ3) is 3.68. The summed E-state index contributed by atoms with van der Waals surface area (Å²) in [6.07, 6.45) is 1.50. The minimum atomic E-state index is 0.600. The fourth-order valence-electron chi connectivity index (χ4n) is 2.28. The van der Waals surface area contributed by atoms with Crippen molar-refractivity contribution in [1.29, 1.82) is 5.26 Å². The summed E-state index contributed by atoms with van der Waals surface area (Å²) < 4.78 is 0. The van der Waals surface area contributed by atoms with Gasteiger partial charge in [-0.25, -0.2) is 9.97 Å². The second kappa shape index (κ2) is 6.80. The highest BCUT2D eigenvalue weighted by Crippen LogP contribution is 2.21. The predicted molar refractivity (Wildman–Crippen MR) is 95.7 cm³/mol. The van der Waals surface area contributed by atoms with Crippen molar-refractivity contribution in [2.75, 3.05) is 10.6 Å². The standard InChI is InChI=1S/C19H17N5/c1-13-6-7-17(8-14(13)2)24-19-10-18(21-12-22-19)23-16-5-3-4-15(9-16)11-20/h3-10,12H,1-2H3,(H2,21,22,23,24). The zero-order chi connectivity index (χ0) is 16.9. The summed E-state index contributed by atoms with van der Waals surface area (Å²) in [5.74, 6) is 1.36. The first-order valence-electron chi connectivity index (χ1n) is 7.57. The summed E-state index contributed by atoms with van der Waals surface area (Å²) in [6, 6.07) is 17.4. The first-order chi connectivity index (χ1) is 11.6. The fraction of sp³-hybridized carbons (Fsp3) is 0.105. The molecule has 0 radical (unpaired) electrons. The lowest BCUT2D eigenvalue weighted by molar-refractivity contribution is 1.16. The normalized spacial score (nSPS) is 10.0. The molecule has 1 aromatic heterocycles. The van der Waals surface area contributed by atoms with Crippen molar-refractivity contribution in [1.82, 2.24) is 9.97 Å². The molecule has 0 unspecified atom stereocenters. The van der Waals surface area contributed by atoms with Gasteiger partial charge in [-0.1, -0.05) is 12.1 Å². The van der Waals surface area contributed by atoms with E-state index in [4.69, 9.17) is 5.26 Å². The number of hydrogen-bond donors (Lipinski definition) is 2. The molecule has 0 spiro atoms. The lowest BCUT2D eigenvalue weighted by Gasteiger charge is -2.10. The molecular formula is C19H17N5. The number of anilines is 4. The van der Waals surface area contributed by atoms with Gasteiger partial charge in [0.1, 0.15) is 18.0 Å². The second-order valence-corrected chi connectivity index (χ2v) is 5.53. The largest absolute Gasteiger partial charge is 0.340 e. The molecule has 0 fully saturated rings. The smallest absolute Gasteiger partial charge is 0.135 e. The molecule has 2 aromatic carbocycles. The Balaban J connectivity index is 1.78. The van der Waals surface area contributed by atoms with Crippen LogP contribution in [-0.4, -0.2) is 9.97 Å². The maximum atomic E-state index is 8.96. The molecule has 0 aliphatic rings. The molecule has 0 aliphatic heterocycles. The van der Waals surface area contributed by atoms with Gasteiger partial charge < -0.3 is 10.6 Å². The molecule has 3 rings (SSSR count). The van der Waals surface area contributed by atoms with E-state index in [0.29, 0.717) is 17.2 Å². The van der Waals surface area contributed by atoms with Crippen LogP contribution in [-0.2, 0) is 0 Å². The van der Waals surface area contributed by atoms with Crippen molar-refractivity contribution in [2.45, 2.75) is 13.8 Å². The molecule has 5 heteroatoms. The molecule has 0 bridgehead atoms. The molecular weight excluding hydrogens is 298 g/mol. The monoisotopic (exact) mass is 315 g/mol. The summed E-state index contributed by atoms with van der Waals surface area (Å²) in [5.41, 5.74) is 4.87. The van der Waals surface area contributed by atoms with Gasteiger partial charge in [-0.2, -0.15) is 5.26 Å². The summed E-state index contributed by atoms with van der Waals surface area (Å²) in [4.78, 5) is 8.47. The van der Waals surface area contributed by atoms with E-state index >= 15 is 0 Å². The Morgan fingerprint density at radius 1 is 0.833 bits per heavy atom. The Morgan fingerprint density at radius 3 is 2.21 bits per heavy atom. The number of nitriles is 1. The van der Waals surface area contributed by atoms with Gasteiger partial charge in [0.15, 0.2) is 0 Å². The van der Waals surface area contributed by atoms with E-state index in [1.807, 2.05) is 24.3 Å². The van der Waals surface area contributed by atoms with Gasteiger partial charge in [0.05, 0.1) is 11.6 Å². The van der Waals surface area contributed by atoms with Gasteiger partial charge >= 0.3 is 0 Å². The summed E-state index contributed by atoms with van der Waals surface area (Å²) in [5, 5.41) is 15.4. The highest BCUT2D eigenvalue weighted by atomic mass is 15.1. The molecule has 0 aliphatic carbocycles. The van der Waals surface area contributed by atoms with E-state index in [1.54, 1.807) is 12.1 Å². The minimum Gasteiger partial charge on any atom is -0.340 e. The SMILES string of the molecule is Cc1ccc(Nc2cc(Nc3cccc(C#N)c3)ncn2)cc1C. The highest BCUT2D eigenvalue weighted by molar-refractivity contribution is 5.64. The Labute approximate surface area is 141 Å². The molecule has 0 atom stereocenters. The summed E-state index contributed by atoms with van der Waals surface area (Å²) in [6.45, 7) is 4.16. The van der Waals surface area contributed by atoms with E-state index in [9.17, 15) is 0 Å².